The van der Waals surface area contributed by atoms with E-state index in [9.17, 15) is 0 Å². The molecule has 7 aromatic rings. The molecule has 2 nitrogen and oxygen atoms in total. The second kappa shape index (κ2) is 10.4. The van der Waals surface area contributed by atoms with Crippen LogP contribution in [-0.4, -0.2) is 9.38 Å². The maximum atomic E-state index is 5.18. The summed E-state index contributed by atoms with van der Waals surface area (Å²) in [5.41, 5.74) is 13.2. The fraction of sp³-hybridized carbons (Fsp3) is 0. The van der Waals surface area contributed by atoms with Crippen LogP contribution in [0.5, 0.6) is 0 Å². The number of hydrogen-bond donors (Lipinski definition) is 0. The maximum Gasteiger partial charge on any atom is 0.137 e. The predicted molar refractivity (Wildman–Crippen MR) is 166 cm³/mol. The largest absolute Gasteiger partial charge is 0.298 e. The summed E-state index contributed by atoms with van der Waals surface area (Å²) < 4.78 is 2.19. The van der Waals surface area contributed by atoms with Gasteiger partial charge in [0.1, 0.15) is 5.65 Å². The van der Waals surface area contributed by atoms with Gasteiger partial charge in [-0.15, -0.1) is 5.73 Å². The molecule has 2 aromatic heterocycles. The van der Waals surface area contributed by atoms with Gasteiger partial charge in [-0.25, -0.2) is 4.98 Å². The lowest BCUT2D eigenvalue weighted by Crippen LogP contribution is -1.97. The van der Waals surface area contributed by atoms with Crippen LogP contribution >= 0.6 is 0 Å². The maximum absolute atomic E-state index is 5.18. The van der Waals surface area contributed by atoms with E-state index in [0.717, 1.165) is 50.4 Å². The predicted octanol–water partition coefficient (Wildman–Crippen LogP) is 9.32. The number of hydrogen-bond acceptors (Lipinski definition) is 1. The summed E-state index contributed by atoms with van der Waals surface area (Å²) >= 11 is 0. The van der Waals surface area contributed by atoms with Gasteiger partial charge in [0.2, 0.25) is 0 Å². The van der Waals surface area contributed by atoms with Crippen molar-refractivity contribution in [1.82, 2.24) is 9.38 Å². The molecule has 40 heavy (non-hydrogen) atoms. The van der Waals surface area contributed by atoms with Gasteiger partial charge < -0.3 is 0 Å². The molecule has 188 valence electrons. The van der Waals surface area contributed by atoms with Gasteiger partial charge >= 0.3 is 0 Å². The topological polar surface area (TPSA) is 17.3 Å². The molecule has 2 heterocycles. The number of imidazole rings is 1. The van der Waals surface area contributed by atoms with Gasteiger partial charge in [0.15, 0.2) is 0 Å². The molecule has 0 amide bonds. The minimum Gasteiger partial charge on any atom is -0.298 e. The van der Waals surface area contributed by atoms with E-state index in [2.05, 4.69) is 162 Å². The van der Waals surface area contributed by atoms with Gasteiger partial charge in [0.25, 0.3) is 0 Å². The first kappa shape index (κ1) is 23.7. The van der Waals surface area contributed by atoms with E-state index in [-0.39, 0.29) is 0 Å². The van der Waals surface area contributed by atoms with Crippen LogP contribution in [0.25, 0.3) is 38.8 Å². The van der Waals surface area contributed by atoms with Crippen molar-refractivity contribution < 1.29 is 0 Å². The van der Waals surface area contributed by atoms with E-state index in [1.54, 1.807) is 0 Å². The van der Waals surface area contributed by atoms with Gasteiger partial charge in [0, 0.05) is 17.3 Å². The fourth-order valence-corrected chi connectivity index (χ4v) is 5.29. The Bertz CT molecular complexity index is 1970. The minimum atomic E-state index is 0.900. The van der Waals surface area contributed by atoms with Crippen LogP contribution in [0.15, 0.2) is 164 Å². The zero-order valence-corrected chi connectivity index (χ0v) is 21.9. The van der Waals surface area contributed by atoms with Gasteiger partial charge in [-0.05, 0) is 45.7 Å². The number of rotatable bonds is 5. The summed E-state index contributed by atoms with van der Waals surface area (Å²) in [4.78, 5) is 5.18. The second-order valence-corrected chi connectivity index (χ2v) is 9.77. The van der Waals surface area contributed by atoms with Crippen molar-refractivity contribution in [3.05, 3.63) is 186 Å². The average molecular weight is 511 g/mol. The van der Waals surface area contributed by atoms with Gasteiger partial charge in [0.05, 0.1) is 17.0 Å². The number of pyridine rings is 1. The molecule has 0 spiro atoms. The van der Waals surface area contributed by atoms with Crippen LogP contribution in [-0.2, 0) is 0 Å². The summed E-state index contributed by atoms with van der Waals surface area (Å²) in [6.07, 6.45) is 2.09. The molecule has 5 aromatic carbocycles. The van der Waals surface area contributed by atoms with Gasteiger partial charge in [-0.1, -0.05) is 133 Å². The first-order valence-electron chi connectivity index (χ1n) is 13.5. The van der Waals surface area contributed by atoms with E-state index in [1.165, 1.54) is 10.8 Å². The number of benzene rings is 5. The molecule has 0 fully saturated rings. The molecule has 0 saturated carbocycles. The van der Waals surface area contributed by atoms with Crippen molar-refractivity contribution in [2.24, 2.45) is 0 Å². The highest BCUT2D eigenvalue weighted by atomic mass is 15.0. The summed E-state index contributed by atoms with van der Waals surface area (Å²) in [7, 11) is 0. The Morgan fingerprint density at radius 2 is 1.05 bits per heavy atom. The number of aromatic nitrogens is 2. The van der Waals surface area contributed by atoms with Crippen LogP contribution in [0, 0.1) is 0 Å². The molecule has 0 radical (unpaired) electrons. The number of fused-ring (bicyclic) bond motifs is 2. The Hall–Kier alpha value is -5.43. The summed E-state index contributed by atoms with van der Waals surface area (Å²) in [5.74, 6) is 0. The third-order valence-corrected chi connectivity index (χ3v) is 7.23. The Kier molecular flexibility index (Phi) is 6.14. The van der Waals surface area contributed by atoms with Gasteiger partial charge in [-0.2, -0.15) is 0 Å². The van der Waals surface area contributed by atoms with E-state index in [1.807, 2.05) is 6.07 Å². The standard InChI is InChI=1S/C38H26N2/c1-4-15-29(16-5-1)34(30-17-6-2-7-18-30)27-35(31-19-8-3-9-20-31)38-37(39-36-22-12-13-25-40(36)38)33-24-23-28-14-10-11-21-32(28)26-33/h1-26H. The van der Waals surface area contributed by atoms with Crippen LogP contribution in [0.2, 0.25) is 0 Å². The van der Waals surface area contributed by atoms with E-state index in [4.69, 9.17) is 4.98 Å². The third kappa shape index (κ3) is 4.43. The van der Waals surface area contributed by atoms with E-state index < -0.39 is 0 Å². The lowest BCUT2D eigenvalue weighted by Gasteiger charge is -2.12. The monoisotopic (exact) mass is 510 g/mol. The zero-order chi connectivity index (χ0) is 26.7. The van der Waals surface area contributed by atoms with Crippen molar-refractivity contribution >= 4 is 27.6 Å². The molecule has 0 aliphatic carbocycles. The molecular weight excluding hydrogens is 484 g/mol. The van der Waals surface area contributed by atoms with Crippen LogP contribution in [0.4, 0.5) is 0 Å². The van der Waals surface area contributed by atoms with Crippen LogP contribution in [0.3, 0.4) is 0 Å². The molecule has 0 aliphatic rings. The lowest BCUT2D eigenvalue weighted by molar-refractivity contribution is 1.16. The average Bonchev–Trinajstić information content (AvgIpc) is 3.42. The number of nitrogens with zero attached hydrogens (tertiary/aromatic N) is 2. The second-order valence-electron chi connectivity index (χ2n) is 9.77. The summed E-state index contributed by atoms with van der Waals surface area (Å²) in [6.45, 7) is 0. The molecule has 0 atom stereocenters. The van der Waals surface area contributed by atoms with E-state index in [0.29, 0.717) is 0 Å². The van der Waals surface area contributed by atoms with Crippen LogP contribution in [0.1, 0.15) is 22.4 Å². The smallest absolute Gasteiger partial charge is 0.137 e. The highest BCUT2D eigenvalue weighted by Crippen LogP contribution is 2.36. The molecule has 7 rings (SSSR count). The molecular formula is C38H26N2. The molecule has 0 aliphatic heterocycles. The molecule has 0 saturated heterocycles. The Labute approximate surface area is 233 Å². The van der Waals surface area contributed by atoms with Crippen molar-refractivity contribution in [2.45, 2.75) is 0 Å². The summed E-state index contributed by atoms with van der Waals surface area (Å²) in [5, 5.41) is 2.41. The Morgan fingerprint density at radius 3 is 1.70 bits per heavy atom. The zero-order valence-electron chi connectivity index (χ0n) is 21.9. The van der Waals surface area contributed by atoms with Crippen molar-refractivity contribution in [2.75, 3.05) is 0 Å². The van der Waals surface area contributed by atoms with E-state index >= 15 is 0 Å². The highest BCUT2D eigenvalue weighted by molar-refractivity contribution is 5.94. The lowest BCUT2D eigenvalue weighted by atomic mass is 9.93. The van der Waals surface area contributed by atoms with Crippen molar-refractivity contribution in [3.8, 4) is 11.3 Å². The Balaban J connectivity index is 1.61. The normalized spacial score (nSPS) is 10.9. The highest BCUT2D eigenvalue weighted by Gasteiger charge is 2.20. The van der Waals surface area contributed by atoms with Crippen molar-refractivity contribution in [1.29, 1.82) is 0 Å². The first-order chi connectivity index (χ1) is 19.8. The van der Waals surface area contributed by atoms with Gasteiger partial charge in [-0.3, -0.25) is 4.40 Å². The fourth-order valence-electron chi connectivity index (χ4n) is 5.29. The first-order valence-corrected chi connectivity index (χ1v) is 13.5. The quantitative estimate of drug-likeness (QED) is 0.211. The van der Waals surface area contributed by atoms with Crippen LogP contribution < -0.4 is 0 Å². The molecule has 0 unspecified atom stereocenters. The minimum absolute atomic E-state index is 0.900. The third-order valence-electron chi connectivity index (χ3n) is 7.23. The Morgan fingerprint density at radius 1 is 0.500 bits per heavy atom. The van der Waals surface area contributed by atoms with Crippen molar-refractivity contribution in [3.63, 3.8) is 0 Å². The SMILES string of the molecule is C(=C(c1ccccc1)c1ccccc1)=C(c1ccccc1)c1c(-c2ccc3ccccc3c2)nc2ccccn12. The molecule has 0 N–H and O–H groups in total. The summed E-state index contributed by atoms with van der Waals surface area (Å²) in [6, 6.07) is 52.8. The molecule has 2 heteroatoms. The molecule has 0 bridgehead atoms.